The number of halogens is 2. The van der Waals surface area contributed by atoms with Gasteiger partial charge in [-0.2, -0.15) is 5.10 Å². The van der Waals surface area contributed by atoms with E-state index < -0.39 is 17.5 Å². The third kappa shape index (κ3) is 4.09. The molecule has 6 aromatic rings. The normalized spacial score (nSPS) is 12.8. The van der Waals surface area contributed by atoms with Crippen LogP contribution in [-0.4, -0.2) is 35.6 Å². The van der Waals surface area contributed by atoms with Crippen LogP contribution >= 0.6 is 0 Å². The maximum absolute atomic E-state index is 15.0. The highest BCUT2D eigenvalue weighted by Crippen LogP contribution is 2.40. The van der Waals surface area contributed by atoms with E-state index in [0.29, 0.717) is 45.4 Å². The molecule has 2 aromatic carbocycles. The van der Waals surface area contributed by atoms with Crippen LogP contribution in [0, 0.1) is 25.5 Å². The van der Waals surface area contributed by atoms with Crippen molar-refractivity contribution in [2.45, 2.75) is 20.4 Å². The zero-order chi connectivity index (χ0) is 29.1. The van der Waals surface area contributed by atoms with Gasteiger partial charge in [-0.25, -0.2) is 18.7 Å². The van der Waals surface area contributed by atoms with E-state index in [1.54, 1.807) is 16.9 Å². The molecule has 4 aromatic heterocycles. The van der Waals surface area contributed by atoms with Crippen molar-refractivity contribution in [1.29, 1.82) is 0 Å². The van der Waals surface area contributed by atoms with Crippen LogP contribution in [0.1, 0.15) is 27.2 Å². The maximum atomic E-state index is 15.0. The number of rotatable bonds is 5. The lowest BCUT2D eigenvalue weighted by atomic mass is 9.97. The van der Waals surface area contributed by atoms with E-state index >= 15 is 4.39 Å². The molecular formula is C31H24F2N8O. The first-order chi connectivity index (χ1) is 20.3. The zero-order valence-corrected chi connectivity index (χ0v) is 22.9. The summed E-state index contributed by atoms with van der Waals surface area (Å²) in [5, 5.41) is 8.42. The second-order valence-corrected chi connectivity index (χ2v) is 10.3. The topological polar surface area (TPSA) is 105 Å². The number of pyridine rings is 1. The van der Waals surface area contributed by atoms with Crippen molar-refractivity contribution in [3.63, 3.8) is 0 Å². The third-order valence-corrected chi connectivity index (χ3v) is 7.62. The van der Waals surface area contributed by atoms with Gasteiger partial charge in [0.15, 0.2) is 5.82 Å². The number of nitrogens with zero attached hydrogens (tertiary/aromatic N) is 6. The smallest absolute Gasteiger partial charge is 0.262 e. The van der Waals surface area contributed by atoms with Crippen molar-refractivity contribution in [2.24, 2.45) is 7.05 Å². The van der Waals surface area contributed by atoms with Gasteiger partial charge in [-0.1, -0.05) is 18.2 Å². The number of nitrogens with one attached hydrogen (secondary N) is 2. The fraction of sp³-hybridized carbons (Fsp3) is 0.129. The minimum absolute atomic E-state index is 0.0207. The van der Waals surface area contributed by atoms with Gasteiger partial charge in [0.05, 0.1) is 35.2 Å². The Hall–Kier alpha value is -5.45. The average molecular weight is 563 g/mol. The molecule has 0 atom stereocenters. The van der Waals surface area contributed by atoms with Crippen molar-refractivity contribution in [1.82, 2.24) is 29.7 Å². The molecule has 11 heteroatoms. The first kappa shape index (κ1) is 25.5. The van der Waals surface area contributed by atoms with E-state index in [1.165, 1.54) is 23.2 Å². The maximum Gasteiger partial charge on any atom is 0.262 e. The largest absolute Gasteiger partial charge is 0.359 e. The van der Waals surface area contributed by atoms with Crippen LogP contribution in [0.15, 0.2) is 67.3 Å². The summed E-state index contributed by atoms with van der Waals surface area (Å²) in [4.78, 5) is 31.6. The summed E-state index contributed by atoms with van der Waals surface area (Å²) in [5.41, 5.74) is 6.21. The molecule has 0 saturated heterocycles. The van der Waals surface area contributed by atoms with E-state index in [2.05, 4.69) is 25.4 Å². The summed E-state index contributed by atoms with van der Waals surface area (Å²) in [6.45, 7) is 4.01. The molecule has 9 nitrogen and oxygen atoms in total. The number of hydrogen-bond donors (Lipinski definition) is 2. The van der Waals surface area contributed by atoms with Crippen molar-refractivity contribution in [3.05, 3.63) is 101 Å². The van der Waals surface area contributed by atoms with Crippen LogP contribution in [0.2, 0.25) is 0 Å². The van der Waals surface area contributed by atoms with Gasteiger partial charge in [-0.3, -0.25) is 14.5 Å². The predicted molar refractivity (Wildman–Crippen MR) is 155 cm³/mol. The van der Waals surface area contributed by atoms with Crippen LogP contribution in [0.3, 0.4) is 0 Å². The quantitative estimate of drug-likeness (QED) is 0.259. The molecular weight excluding hydrogens is 538 g/mol. The predicted octanol–water partition coefficient (Wildman–Crippen LogP) is 6.22. The molecule has 0 unspecified atom stereocenters. The lowest BCUT2D eigenvalue weighted by molar-refractivity contribution is 0.0993. The van der Waals surface area contributed by atoms with E-state index in [0.717, 1.165) is 28.4 Å². The van der Waals surface area contributed by atoms with Gasteiger partial charge in [0.1, 0.15) is 11.6 Å². The van der Waals surface area contributed by atoms with Crippen molar-refractivity contribution in [3.8, 4) is 22.4 Å². The van der Waals surface area contributed by atoms with E-state index in [1.807, 2.05) is 51.4 Å². The van der Waals surface area contributed by atoms with Crippen LogP contribution < -0.4 is 10.2 Å². The molecule has 208 valence electrons. The van der Waals surface area contributed by atoms with Gasteiger partial charge in [0.2, 0.25) is 5.95 Å². The fourth-order valence-corrected chi connectivity index (χ4v) is 5.47. The van der Waals surface area contributed by atoms with Gasteiger partial charge >= 0.3 is 0 Å². The molecule has 0 spiro atoms. The van der Waals surface area contributed by atoms with E-state index in [9.17, 15) is 9.18 Å². The summed E-state index contributed by atoms with van der Waals surface area (Å²) in [6, 6.07) is 11.6. The average Bonchev–Trinajstić information content (AvgIpc) is 3.65. The minimum atomic E-state index is -0.621. The standard InChI is InChI=1S/C31H24F2N8O/c1-16-11-36-31(37-26-9-17(2)40(3)39-26)38-28(16)22-14-35-29-21(22)5-4-6-25(29)41-15-23-20(18-10-19(32)13-34-12-18)7-8-24(33)27(23)30(41)42/h4-14,35H,15H2,1-3H3,(H,36,37,38,39). The second-order valence-electron chi connectivity index (χ2n) is 10.3. The molecule has 42 heavy (non-hydrogen) atoms. The Bertz CT molecular complexity index is 2030. The third-order valence-electron chi connectivity index (χ3n) is 7.62. The number of carbonyl (C=O) groups excluding carboxylic acids is 1. The minimum Gasteiger partial charge on any atom is -0.359 e. The van der Waals surface area contributed by atoms with Crippen LogP contribution in [0.4, 0.5) is 26.2 Å². The molecule has 0 aliphatic carbocycles. The number of carbonyl (C=O) groups is 1. The highest BCUT2D eigenvalue weighted by atomic mass is 19.1. The number of H-pyrrole nitrogens is 1. The second kappa shape index (κ2) is 9.58. The monoisotopic (exact) mass is 562 g/mol. The Balaban J connectivity index is 1.28. The van der Waals surface area contributed by atoms with Gasteiger partial charge in [-0.05, 0) is 48.7 Å². The van der Waals surface area contributed by atoms with Crippen molar-refractivity contribution in [2.75, 3.05) is 10.2 Å². The summed E-state index contributed by atoms with van der Waals surface area (Å²) in [7, 11) is 1.86. The van der Waals surface area contributed by atoms with Crippen molar-refractivity contribution < 1.29 is 13.6 Å². The Kier molecular flexibility index (Phi) is 5.82. The molecule has 5 heterocycles. The number of anilines is 3. The summed E-state index contributed by atoms with van der Waals surface area (Å²) < 4.78 is 30.8. The number of amides is 1. The summed E-state index contributed by atoms with van der Waals surface area (Å²) in [6.07, 6.45) is 6.20. The highest BCUT2D eigenvalue weighted by molar-refractivity contribution is 6.15. The van der Waals surface area contributed by atoms with Crippen LogP contribution in [0.5, 0.6) is 0 Å². The Labute approximate surface area is 238 Å². The number of para-hydroxylation sites is 1. The summed E-state index contributed by atoms with van der Waals surface area (Å²) in [5.74, 6) is -0.556. The lowest BCUT2D eigenvalue weighted by Gasteiger charge is -2.17. The van der Waals surface area contributed by atoms with Gasteiger partial charge < -0.3 is 15.2 Å². The Morgan fingerprint density at radius 2 is 1.88 bits per heavy atom. The Morgan fingerprint density at radius 1 is 1.02 bits per heavy atom. The van der Waals surface area contributed by atoms with Gasteiger partial charge in [0.25, 0.3) is 5.91 Å². The molecule has 1 aliphatic heterocycles. The fourth-order valence-electron chi connectivity index (χ4n) is 5.47. The molecule has 7 rings (SSSR count). The SMILES string of the molecule is Cc1cnc(Nc2cc(C)n(C)n2)nc1-c1c[nH]c2c(N3Cc4c(-c5cncc(F)c5)ccc(F)c4C3=O)cccc12. The molecule has 2 N–H and O–H groups in total. The molecule has 0 saturated carbocycles. The number of benzene rings is 2. The molecule has 1 amide bonds. The van der Waals surface area contributed by atoms with Crippen LogP contribution in [-0.2, 0) is 13.6 Å². The zero-order valence-electron chi connectivity index (χ0n) is 22.9. The molecule has 0 bridgehead atoms. The van der Waals surface area contributed by atoms with E-state index in [4.69, 9.17) is 4.98 Å². The highest BCUT2D eigenvalue weighted by Gasteiger charge is 2.35. The summed E-state index contributed by atoms with van der Waals surface area (Å²) >= 11 is 0. The van der Waals surface area contributed by atoms with Gasteiger partial charge in [-0.15, -0.1) is 0 Å². The number of aryl methyl sites for hydroxylation is 3. The number of hydrogen-bond acceptors (Lipinski definition) is 6. The molecule has 1 aliphatic rings. The van der Waals surface area contributed by atoms with Crippen molar-refractivity contribution >= 4 is 34.3 Å². The van der Waals surface area contributed by atoms with Gasteiger partial charge in [0, 0.05) is 53.9 Å². The lowest BCUT2D eigenvalue weighted by Crippen LogP contribution is -2.23. The van der Waals surface area contributed by atoms with Crippen LogP contribution in [0.25, 0.3) is 33.3 Å². The number of aromatic amines is 1. The number of fused-ring (bicyclic) bond motifs is 2. The molecule has 0 fully saturated rings. The Morgan fingerprint density at radius 3 is 2.67 bits per heavy atom. The number of aromatic nitrogens is 6. The first-order valence-corrected chi connectivity index (χ1v) is 13.2. The first-order valence-electron chi connectivity index (χ1n) is 13.2. The molecule has 0 radical (unpaired) electrons. The van der Waals surface area contributed by atoms with E-state index in [-0.39, 0.29) is 12.1 Å².